The summed E-state index contributed by atoms with van der Waals surface area (Å²) in [6.07, 6.45) is 4.87. The van der Waals surface area contributed by atoms with Gasteiger partial charge >= 0.3 is 0 Å². The molecule has 2 aliphatic heterocycles. The monoisotopic (exact) mass is 403 g/mol. The number of carbonyl (C=O) groups excluding carboxylic acids is 1. The smallest absolute Gasteiger partial charge is 0.222 e. The Balaban J connectivity index is 1.49. The first kappa shape index (κ1) is 21.4. The Hall–Kier alpha value is -2.31. The van der Waals surface area contributed by atoms with Crippen molar-refractivity contribution in [2.45, 2.75) is 39.0 Å². The largest absolute Gasteiger partial charge is 0.366 e. The van der Waals surface area contributed by atoms with Crippen LogP contribution >= 0.6 is 0 Å². The van der Waals surface area contributed by atoms with Crippen molar-refractivity contribution in [2.75, 3.05) is 57.3 Å². The van der Waals surface area contributed by atoms with Crippen LogP contribution in [0.3, 0.4) is 0 Å². The van der Waals surface area contributed by atoms with Crippen molar-refractivity contribution in [3.63, 3.8) is 0 Å². The molecule has 1 aromatic rings. The number of carbonyl (C=O) groups is 1. The summed E-state index contributed by atoms with van der Waals surface area (Å²) < 4.78 is 14.0. The molecule has 0 aromatic heterocycles. The normalized spacial score (nSPS) is 18.8. The minimum atomic E-state index is -0.162. The lowest BCUT2D eigenvalue weighted by molar-refractivity contribution is -0.130. The van der Waals surface area contributed by atoms with Crippen LogP contribution in [0.2, 0.25) is 0 Å². The van der Waals surface area contributed by atoms with E-state index in [2.05, 4.69) is 22.0 Å². The van der Waals surface area contributed by atoms with E-state index in [1.807, 2.05) is 17.0 Å². The predicted octanol–water partition coefficient (Wildman–Crippen LogP) is 2.71. The fraction of sp³-hybridized carbons (Fsp3) is 0.636. The Morgan fingerprint density at radius 3 is 2.66 bits per heavy atom. The SMILES string of the molecule is CCNC(=NCCCN1CCCCCC1=O)N1CCN(c2ccccc2F)CC1. The van der Waals surface area contributed by atoms with E-state index in [0.717, 1.165) is 77.5 Å². The second-order valence-corrected chi connectivity index (χ2v) is 7.71. The molecule has 0 saturated carbocycles. The number of rotatable bonds is 6. The molecule has 1 N–H and O–H groups in total. The minimum absolute atomic E-state index is 0.162. The van der Waals surface area contributed by atoms with Crippen LogP contribution in [0, 0.1) is 5.82 Å². The Labute approximate surface area is 173 Å². The fourth-order valence-electron chi connectivity index (χ4n) is 4.01. The van der Waals surface area contributed by atoms with Gasteiger partial charge in [-0.25, -0.2) is 4.39 Å². The van der Waals surface area contributed by atoms with Crippen LogP contribution < -0.4 is 10.2 Å². The molecule has 0 unspecified atom stereocenters. The maximum absolute atomic E-state index is 14.0. The molecule has 1 amide bonds. The standard InChI is InChI=1S/C22H34FN5O/c1-2-24-22(25-12-8-14-27-13-7-3-4-11-21(27)29)28-17-15-26(16-18-28)20-10-6-5-9-19(20)23/h5-6,9-10H,2-4,7-8,11-18H2,1H3,(H,24,25). The molecule has 2 saturated heterocycles. The lowest BCUT2D eigenvalue weighted by Crippen LogP contribution is -2.52. The van der Waals surface area contributed by atoms with Gasteiger partial charge in [-0.15, -0.1) is 0 Å². The van der Waals surface area contributed by atoms with Crippen LogP contribution in [0.25, 0.3) is 0 Å². The van der Waals surface area contributed by atoms with Gasteiger partial charge < -0.3 is 20.0 Å². The molecule has 2 heterocycles. The van der Waals surface area contributed by atoms with E-state index in [1.54, 1.807) is 6.07 Å². The van der Waals surface area contributed by atoms with Gasteiger partial charge in [-0.3, -0.25) is 9.79 Å². The van der Waals surface area contributed by atoms with Gasteiger partial charge in [0.1, 0.15) is 5.82 Å². The number of benzene rings is 1. The van der Waals surface area contributed by atoms with E-state index in [9.17, 15) is 9.18 Å². The third-order valence-corrected chi connectivity index (χ3v) is 5.63. The number of aliphatic imine (C=N–C) groups is 1. The highest BCUT2D eigenvalue weighted by Crippen LogP contribution is 2.20. The highest BCUT2D eigenvalue weighted by atomic mass is 19.1. The van der Waals surface area contributed by atoms with Crippen LogP contribution in [0.1, 0.15) is 39.0 Å². The quantitative estimate of drug-likeness (QED) is 0.451. The van der Waals surface area contributed by atoms with Crippen molar-refractivity contribution in [2.24, 2.45) is 4.99 Å². The zero-order valence-electron chi connectivity index (χ0n) is 17.6. The van der Waals surface area contributed by atoms with Crippen molar-refractivity contribution >= 4 is 17.6 Å². The van der Waals surface area contributed by atoms with E-state index in [4.69, 9.17) is 4.99 Å². The van der Waals surface area contributed by atoms with E-state index in [0.29, 0.717) is 24.6 Å². The summed E-state index contributed by atoms with van der Waals surface area (Å²) in [5.41, 5.74) is 0.677. The number of likely N-dealkylation sites (tertiary alicyclic amines) is 1. The maximum Gasteiger partial charge on any atom is 0.222 e. The minimum Gasteiger partial charge on any atom is -0.366 e. The molecule has 0 aliphatic carbocycles. The van der Waals surface area contributed by atoms with E-state index in [-0.39, 0.29) is 5.82 Å². The molecule has 0 atom stereocenters. The van der Waals surface area contributed by atoms with Crippen LogP contribution in [-0.2, 0) is 4.79 Å². The van der Waals surface area contributed by atoms with Gasteiger partial charge in [-0.2, -0.15) is 0 Å². The summed E-state index contributed by atoms with van der Waals surface area (Å²) in [5, 5.41) is 3.38. The Kier molecular flexibility index (Phi) is 8.14. The van der Waals surface area contributed by atoms with E-state index < -0.39 is 0 Å². The molecular formula is C22H34FN5O. The zero-order chi connectivity index (χ0) is 20.5. The average Bonchev–Trinajstić information content (AvgIpc) is 2.95. The second kappa shape index (κ2) is 11.0. The van der Waals surface area contributed by atoms with Crippen LogP contribution in [0.5, 0.6) is 0 Å². The lowest BCUT2D eigenvalue weighted by Gasteiger charge is -2.37. The number of hydrogen-bond acceptors (Lipinski definition) is 3. The Bertz CT molecular complexity index is 688. The van der Waals surface area contributed by atoms with Gasteiger partial charge in [-0.1, -0.05) is 18.6 Å². The van der Waals surface area contributed by atoms with Crippen molar-refractivity contribution in [1.29, 1.82) is 0 Å². The molecule has 2 aliphatic rings. The van der Waals surface area contributed by atoms with Crippen molar-refractivity contribution in [1.82, 2.24) is 15.1 Å². The summed E-state index contributed by atoms with van der Waals surface area (Å²) in [7, 11) is 0. The fourth-order valence-corrected chi connectivity index (χ4v) is 4.01. The Morgan fingerprint density at radius 2 is 1.90 bits per heavy atom. The van der Waals surface area contributed by atoms with Gasteiger partial charge in [0.25, 0.3) is 0 Å². The number of anilines is 1. The number of hydrogen-bond donors (Lipinski definition) is 1. The van der Waals surface area contributed by atoms with Gasteiger partial charge in [0.05, 0.1) is 5.69 Å². The number of guanidine groups is 1. The van der Waals surface area contributed by atoms with Crippen molar-refractivity contribution in [3.05, 3.63) is 30.1 Å². The molecule has 2 fully saturated rings. The lowest BCUT2D eigenvalue weighted by atomic mass is 10.2. The molecule has 7 heteroatoms. The summed E-state index contributed by atoms with van der Waals surface area (Å²) in [4.78, 5) is 23.2. The summed E-state index contributed by atoms with van der Waals surface area (Å²) in [5.74, 6) is 1.05. The number of piperazine rings is 1. The van der Waals surface area contributed by atoms with Crippen LogP contribution in [-0.4, -0.2) is 74.0 Å². The number of nitrogens with one attached hydrogen (secondary N) is 1. The molecule has 0 spiro atoms. The van der Waals surface area contributed by atoms with Gasteiger partial charge in [0.2, 0.25) is 5.91 Å². The molecule has 1 aromatic carbocycles. The molecule has 6 nitrogen and oxygen atoms in total. The topological polar surface area (TPSA) is 51.2 Å². The number of para-hydroxylation sites is 1. The molecule has 0 bridgehead atoms. The van der Waals surface area contributed by atoms with Crippen LogP contribution in [0.15, 0.2) is 29.3 Å². The van der Waals surface area contributed by atoms with Gasteiger partial charge in [-0.05, 0) is 38.3 Å². The first-order chi connectivity index (χ1) is 14.2. The predicted molar refractivity (Wildman–Crippen MR) is 116 cm³/mol. The molecule has 160 valence electrons. The Morgan fingerprint density at radius 1 is 1.10 bits per heavy atom. The molecule has 3 rings (SSSR count). The maximum atomic E-state index is 14.0. The molecular weight excluding hydrogens is 369 g/mol. The van der Waals surface area contributed by atoms with E-state index >= 15 is 0 Å². The molecule has 0 radical (unpaired) electrons. The number of nitrogens with zero attached hydrogens (tertiary/aromatic N) is 4. The van der Waals surface area contributed by atoms with Crippen LogP contribution in [0.4, 0.5) is 10.1 Å². The molecule has 29 heavy (non-hydrogen) atoms. The van der Waals surface area contributed by atoms with E-state index in [1.165, 1.54) is 6.07 Å². The first-order valence-electron chi connectivity index (χ1n) is 11.0. The number of amides is 1. The third kappa shape index (κ3) is 6.08. The van der Waals surface area contributed by atoms with Crippen molar-refractivity contribution < 1.29 is 9.18 Å². The highest BCUT2D eigenvalue weighted by Gasteiger charge is 2.21. The second-order valence-electron chi connectivity index (χ2n) is 7.71. The van der Waals surface area contributed by atoms with Crippen molar-refractivity contribution in [3.8, 4) is 0 Å². The first-order valence-corrected chi connectivity index (χ1v) is 11.0. The summed E-state index contributed by atoms with van der Waals surface area (Å²) in [6.45, 7) is 8.44. The summed E-state index contributed by atoms with van der Waals surface area (Å²) >= 11 is 0. The zero-order valence-corrected chi connectivity index (χ0v) is 17.6. The third-order valence-electron chi connectivity index (χ3n) is 5.63. The highest BCUT2D eigenvalue weighted by molar-refractivity contribution is 5.80. The van der Waals surface area contributed by atoms with Gasteiger partial charge in [0.15, 0.2) is 5.96 Å². The average molecular weight is 404 g/mol. The summed E-state index contributed by atoms with van der Waals surface area (Å²) in [6, 6.07) is 6.96. The van der Waals surface area contributed by atoms with Gasteiger partial charge in [0, 0.05) is 58.8 Å². The number of halogens is 1.